The summed E-state index contributed by atoms with van der Waals surface area (Å²) in [6, 6.07) is 0. The highest BCUT2D eigenvalue weighted by molar-refractivity contribution is 5.88. The lowest BCUT2D eigenvalue weighted by Crippen LogP contribution is -2.35. The van der Waals surface area contributed by atoms with Gasteiger partial charge in [-0.2, -0.15) is 0 Å². The smallest absolute Gasteiger partial charge is 0.358 e. The SMILES string of the molecule is C=C(C)C(=O)ON1C(=O)CC[C@H]1O. The summed E-state index contributed by atoms with van der Waals surface area (Å²) in [6.07, 6.45) is -0.525. The Balaban J connectivity index is 2.57. The van der Waals surface area contributed by atoms with Crippen molar-refractivity contribution in [3.8, 4) is 0 Å². The van der Waals surface area contributed by atoms with Gasteiger partial charge in [-0.05, 0) is 6.92 Å². The van der Waals surface area contributed by atoms with Gasteiger partial charge in [0.1, 0.15) is 0 Å². The Kier molecular flexibility index (Phi) is 2.67. The first-order valence-corrected chi connectivity index (χ1v) is 3.90. The molecule has 1 aliphatic heterocycles. The van der Waals surface area contributed by atoms with Crippen molar-refractivity contribution < 1.29 is 19.5 Å². The average molecular weight is 185 g/mol. The molecule has 0 radical (unpaired) electrons. The molecule has 0 spiro atoms. The summed E-state index contributed by atoms with van der Waals surface area (Å²) >= 11 is 0. The van der Waals surface area contributed by atoms with Crippen LogP contribution >= 0.6 is 0 Å². The van der Waals surface area contributed by atoms with E-state index in [0.717, 1.165) is 0 Å². The third-order valence-electron chi connectivity index (χ3n) is 1.66. The number of nitrogens with zero attached hydrogens (tertiary/aromatic N) is 1. The van der Waals surface area contributed by atoms with Gasteiger partial charge < -0.3 is 9.94 Å². The van der Waals surface area contributed by atoms with Gasteiger partial charge in [-0.25, -0.2) is 4.79 Å². The zero-order valence-corrected chi connectivity index (χ0v) is 7.32. The lowest BCUT2D eigenvalue weighted by molar-refractivity contribution is -0.217. The van der Waals surface area contributed by atoms with Crippen molar-refractivity contribution in [2.75, 3.05) is 0 Å². The molecule has 1 N–H and O–H groups in total. The number of hydrogen-bond donors (Lipinski definition) is 1. The minimum Gasteiger partial charge on any atom is -0.370 e. The van der Waals surface area contributed by atoms with E-state index in [9.17, 15) is 14.7 Å². The largest absolute Gasteiger partial charge is 0.370 e. The van der Waals surface area contributed by atoms with E-state index in [1.165, 1.54) is 6.92 Å². The Hall–Kier alpha value is -1.36. The molecule has 1 amide bonds. The molecule has 5 heteroatoms. The third kappa shape index (κ3) is 2.06. The van der Waals surface area contributed by atoms with Crippen LogP contribution in [0.2, 0.25) is 0 Å². The van der Waals surface area contributed by atoms with E-state index >= 15 is 0 Å². The van der Waals surface area contributed by atoms with E-state index in [1.54, 1.807) is 0 Å². The van der Waals surface area contributed by atoms with E-state index < -0.39 is 12.2 Å². The summed E-state index contributed by atoms with van der Waals surface area (Å²) in [5.74, 6) is -1.09. The zero-order chi connectivity index (χ0) is 10.0. The van der Waals surface area contributed by atoms with Crippen LogP contribution in [0.3, 0.4) is 0 Å². The minimum absolute atomic E-state index is 0.187. The van der Waals surface area contributed by atoms with E-state index in [4.69, 9.17) is 0 Å². The highest BCUT2D eigenvalue weighted by Crippen LogP contribution is 2.17. The molecule has 0 bridgehead atoms. The summed E-state index contributed by atoms with van der Waals surface area (Å²) in [6.45, 7) is 4.82. The van der Waals surface area contributed by atoms with Crippen LogP contribution in [-0.4, -0.2) is 28.3 Å². The molecule has 0 unspecified atom stereocenters. The van der Waals surface area contributed by atoms with Crippen LogP contribution < -0.4 is 0 Å². The molecule has 0 aliphatic carbocycles. The van der Waals surface area contributed by atoms with Gasteiger partial charge in [0.05, 0.1) is 0 Å². The maximum Gasteiger partial charge on any atom is 0.358 e. The molecule has 5 nitrogen and oxygen atoms in total. The topological polar surface area (TPSA) is 66.8 Å². The Morgan fingerprint density at radius 1 is 1.77 bits per heavy atom. The molecule has 1 atom stereocenters. The van der Waals surface area contributed by atoms with Crippen molar-refractivity contribution in [1.82, 2.24) is 5.06 Å². The van der Waals surface area contributed by atoms with Crippen molar-refractivity contribution >= 4 is 11.9 Å². The molecular weight excluding hydrogens is 174 g/mol. The standard InChI is InChI=1S/C8H11NO4/c1-5(2)8(12)13-9-6(10)3-4-7(9)11/h6,10H,1,3-4H2,2H3/t6-/m1/s1. The maximum atomic E-state index is 11.0. The average Bonchev–Trinajstić information content (AvgIpc) is 2.35. The summed E-state index contributed by atoms with van der Waals surface area (Å²) in [7, 11) is 0. The number of carbonyl (C=O) groups is 2. The molecule has 1 saturated heterocycles. The molecule has 0 saturated carbocycles. The number of aliphatic hydroxyl groups excluding tert-OH is 1. The first-order valence-electron chi connectivity index (χ1n) is 3.90. The lowest BCUT2D eigenvalue weighted by Gasteiger charge is -2.18. The van der Waals surface area contributed by atoms with E-state index in [1.807, 2.05) is 0 Å². The van der Waals surface area contributed by atoms with Gasteiger partial charge in [0, 0.05) is 18.4 Å². The quantitative estimate of drug-likeness (QED) is 0.613. The van der Waals surface area contributed by atoms with E-state index in [2.05, 4.69) is 11.4 Å². The van der Waals surface area contributed by atoms with Crippen LogP contribution in [0.25, 0.3) is 0 Å². The van der Waals surface area contributed by atoms with Crippen LogP contribution in [-0.2, 0) is 14.4 Å². The molecule has 0 aromatic rings. The second-order valence-corrected chi connectivity index (χ2v) is 2.90. The fourth-order valence-corrected chi connectivity index (χ4v) is 0.925. The Morgan fingerprint density at radius 3 is 2.77 bits per heavy atom. The predicted molar refractivity (Wildman–Crippen MR) is 43.0 cm³/mol. The van der Waals surface area contributed by atoms with Crippen LogP contribution in [0, 0.1) is 0 Å². The summed E-state index contributed by atoms with van der Waals surface area (Å²) in [5.41, 5.74) is 0.187. The Labute approximate surface area is 75.5 Å². The number of aliphatic hydroxyl groups is 1. The zero-order valence-electron chi connectivity index (χ0n) is 7.32. The van der Waals surface area contributed by atoms with Crippen molar-refractivity contribution in [3.05, 3.63) is 12.2 Å². The summed E-state index contributed by atoms with van der Waals surface area (Å²) in [4.78, 5) is 26.6. The van der Waals surface area contributed by atoms with Gasteiger partial charge in [0.2, 0.25) is 0 Å². The first-order chi connectivity index (χ1) is 6.02. The number of carbonyl (C=O) groups excluding carboxylic acids is 2. The molecular formula is C8H11NO4. The van der Waals surface area contributed by atoms with Gasteiger partial charge in [-0.1, -0.05) is 6.58 Å². The fraction of sp³-hybridized carbons (Fsp3) is 0.500. The van der Waals surface area contributed by atoms with Crippen molar-refractivity contribution in [3.63, 3.8) is 0 Å². The highest BCUT2D eigenvalue weighted by atomic mass is 16.7. The van der Waals surface area contributed by atoms with Crippen LogP contribution in [0.1, 0.15) is 19.8 Å². The molecule has 0 aromatic carbocycles. The van der Waals surface area contributed by atoms with Gasteiger partial charge in [-0.3, -0.25) is 4.79 Å². The Bertz CT molecular complexity index is 261. The fourth-order valence-electron chi connectivity index (χ4n) is 0.925. The second-order valence-electron chi connectivity index (χ2n) is 2.90. The normalized spacial score (nSPS) is 21.8. The molecule has 1 fully saturated rings. The van der Waals surface area contributed by atoms with E-state index in [0.29, 0.717) is 11.5 Å². The second kappa shape index (κ2) is 3.57. The van der Waals surface area contributed by atoms with Crippen molar-refractivity contribution in [2.24, 2.45) is 0 Å². The van der Waals surface area contributed by atoms with Crippen molar-refractivity contribution in [1.29, 1.82) is 0 Å². The molecule has 1 heterocycles. The minimum atomic E-state index is -1.02. The van der Waals surface area contributed by atoms with E-state index in [-0.39, 0.29) is 17.9 Å². The number of amides is 1. The van der Waals surface area contributed by atoms with Crippen LogP contribution in [0.5, 0.6) is 0 Å². The van der Waals surface area contributed by atoms with Crippen LogP contribution in [0.4, 0.5) is 0 Å². The van der Waals surface area contributed by atoms with Gasteiger partial charge in [0.25, 0.3) is 5.91 Å². The molecule has 13 heavy (non-hydrogen) atoms. The summed E-state index contributed by atoms with van der Waals surface area (Å²) < 4.78 is 0. The van der Waals surface area contributed by atoms with Crippen molar-refractivity contribution in [2.45, 2.75) is 26.0 Å². The number of hydrogen-bond acceptors (Lipinski definition) is 4. The monoisotopic (exact) mass is 185 g/mol. The molecule has 0 aromatic heterocycles. The number of rotatable bonds is 2. The highest BCUT2D eigenvalue weighted by Gasteiger charge is 2.32. The lowest BCUT2D eigenvalue weighted by atomic mass is 10.4. The van der Waals surface area contributed by atoms with Gasteiger partial charge >= 0.3 is 5.97 Å². The third-order valence-corrected chi connectivity index (χ3v) is 1.66. The maximum absolute atomic E-state index is 11.0. The molecule has 1 aliphatic rings. The molecule has 72 valence electrons. The van der Waals surface area contributed by atoms with Gasteiger partial charge in [-0.15, -0.1) is 5.06 Å². The van der Waals surface area contributed by atoms with Crippen LogP contribution in [0.15, 0.2) is 12.2 Å². The summed E-state index contributed by atoms with van der Waals surface area (Å²) in [5, 5.41) is 9.88. The molecule has 1 rings (SSSR count). The van der Waals surface area contributed by atoms with Gasteiger partial charge in [0.15, 0.2) is 6.23 Å². The Morgan fingerprint density at radius 2 is 2.38 bits per heavy atom. The number of hydroxylamine groups is 2. The first kappa shape index (κ1) is 9.73. The predicted octanol–water partition coefficient (Wildman–Crippen LogP) is -0.0385.